The lowest BCUT2D eigenvalue weighted by atomic mass is 9.88. The zero-order valence-corrected chi connectivity index (χ0v) is 9.41. The third-order valence-corrected chi connectivity index (χ3v) is 4.29. The molecule has 0 amide bonds. The predicted octanol–water partition coefficient (Wildman–Crippen LogP) is 2.35. The van der Waals surface area contributed by atoms with Crippen molar-refractivity contribution >= 4 is 5.78 Å². The van der Waals surface area contributed by atoms with Gasteiger partial charge >= 0.3 is 0 Å². The number of rotatable bonds is 0. The van der Waals surface area contributed by atoms with Gasteiger partial charge in [0.1, 0.15) is 0 Å². The van der Waals surface area contributed by atoms with Crippen molar-refractivity contribution in [1.82, 2.24) is 4.90 Å². The molecule has 3 aliphatic rings. The monoisotopic (exact) mass is 205 g/mol. The van der Waals surface area contributed by atoms with Crippen LogP contribution in [-0.4, -0.2) is 23.3 Å². The second-order valence-corrected chi connectivity index (χ2v) is 5.44. The first kappa shape index (κ1) is 9.44. The maximum atomic E-state index is 12.0. The largest absolute Gasteiger partial charge is 0.371 e. The van der Waals surface area contributed by atoms with Crippen molar-refractivity contribution in [3.8, 4) is 0 Å². The van der Waals surface area contributed by atoms with E-state index in [1.165, 1.54) is 31.5 Å². The van der Waals surface area contributed by atoms with E-state index >= 15 is 0 Å². The minimum absolute atomic E-state index is 0.321. The molecule has 2 heteroatoms. The van der Waals surface area contributed by atoms with Gasteiger partial charge in [-0.3, -0.25) is 4.79 Å². The normalized spacial score (nSPS) is 39.8. The summed E-state index contributed by atoms with van der Waals surface area (Å²) < 4.78 is 0. The number of ketones is 1. The number of hydrogen-bond acceptors (Lipinski definition) is 2. The van der Waals surface area contributed by atoms with Crippen LogP contribution in [0.2, 0.25) is 0 Å². The van der Waals surface area contributed by atoms with Crippen molar-refractivity contribution in [2.75, 3.05) is 6.54 Å². The molecule has 1 saturated carbocycles. The van der Waals surface area contributed by atoms with Crippen LogP contribution >= 0.6 is 0 Å². The van der Waals surface area contributed by atoms with Gasteiger partial charge in [-0.1, -0.05) is 6.92 Å². The van der Waals surface area contributed by atoms with E-state index in [0.29, 0.717) is 17.7 Å². The minimum Gasteiger partial charge on any atom is -0.371 e. The van der Waals surface area contributed by atoms with Crippen LogP contribution < -0.4 is 0 Å². The number of piperidine rings is 1. The van der Waals surface area contributed by atoms with E-state index in [9.17, 15) is 4.79 Å². The fraction of sp³-hybridized carbons (Fsp3) is 0.769. The summed E-state index contributed by atoms with van der Waals surface area (Å²) >= 11 is 0. The Labute approximate surface area is 91.3 Å². The van der Waals surface area contributed by atoms with Crippen LogP contribution in [-0.2, 0) is 4.79 Å². The van der Waals surface area contributed by atoms with E-state index in [2.05, 4.69) is 11.8 Å². The fourth-order valence-electron chi connectivity index (χ4n) is 3.59. The Kier molecular flexibility index (Phi) is 2.11. The van der Waals surface area contributed by atoms with Crippen molar-refractivity contribution in [2.24, 2.45) is 11.8 Å². The van der Waals surface area contributed by atoms with Gasteiger partial charge < -0.3 is 4.90 Å². The maximum Gasteiger partial charge on any atom is 0.162 e. The molecule has 1 aliphatic carbocycles. The Morgan fingerprint density at radius 3 is 3.07 bits per heavy atom. The number of fused-ring (bicyclic) bond motifs is 3. The molecule has 0 spiro atoms. The highest BCUT2D eigenvalue weighted by Gasteiger charge is 2.43. The molecule has 3 atom stereocenters. The first-order valence-corrected chi connectivity index (χ1v) is 6.27. The van der Waals surface area contributed by atoms with Crippen LogP contribution in [0, 0.1) is 11.8 Å². The summed E-state index contributed by atoms with van der Waals surface area (Å²) in [6.07, 6.45) is 7.99. The van der Waals surface area contributed by atoms with Gasteiger partial charge in [-0.15, -0.1) is 0 Å². The van der Waals surface area contributed by atoms with Crippen molar-refractivity contribution in [3.63, 3.8) is 0 Å². The SMILES string of the molecule is CC1CC2C(=O)C=C3CCCCN3C2C1. The highest BCUT2D eigenvalue weighted by molar-refractivity contribution is 5.94. The summed E-state index contributed by atoms with van der Waals surface area (Å²) in [5, 5.41) is 0. The number of carbonyl (C=O) groups excluding carboxylic acids is 1. The second-order valence-electron chi connectivity index (χ2n) is 5.44. The lowest BCUT2D eigenvalue weighted by Crippen LogP contribution is -2.45. The van der Waals surface area contributed by atoms with Gasteiger partial charge in [0.05, 0.1) is 0 Å². The number of carbonyl (C=O) groups is 1. The highest BCUT2D eigenvalue weighted by Crippen LogP contribution is 2.41. The smallest absolute Gasteiger partial charge is 0.162 e. The maximum absolute atomic E-state index is 12.0. The topological polar surface area (TPSA) is 20.3 Å². The van der Waals surface area contributed by atoms with E-state index in [0.717, 1.165) is 18.8 Å². The zero-order chi connectivity index (χ0) is 10.4. The van der Waals surface area contributed by atoms with E-state index < -0.39 is 0 Å². The van der Waals surface area contributed by atoms with Gasteiger partial charge in [0.2, 0.25) is 0 Å². The minimum atomic E-state index is 0.321. The average molecular weight is 205 g/mol. The first-order valence-electron chi connectivity index (χ1n) is 6.27. The molecule has 15 heavy (non-hydrogen) atoms. The molecule has 2 fully saturated rings. The van der Waals surface area contributed by atoms with Gasteiger partial charge in [-0.2, -0.15) is 0 Å². The molecule has 2 nitrogen and oxygen atoms in total. The zero-order valence-electron chi connectivity index (χ0n) is 9.41. The Morgan fingerprint density at radius 2 is 2.20 bits per heavy atom. The van der Waals surface area contributed by atoms with Crippen LogP contribution in [0.4, 0.5) is 0 Å². The van der Waals surface area contributed by atoms with E-state index in [-0.39, 0.29) is 0 Å². The summed E-state index contributed by atoms with van der Waals surface area (Å²) in [7, 11) is 0. The molecule has 82 valence electrons. The third kappa shape index (κ3) is 1.42. The molecule has 0 bridgehead atoms. The van der Waals surface area contributed by atoms with E-state index in [1.807, 2.05) is 6.08 Å². The van der Waals surface area contributed by atoms with Crippen molar-refractivity contribution in [1.29, 1.82) is 0 Å². The Balaban J connectivity index is 1.92. The van der Waals surface area contributed by atoms with Crippen LogP contribution in [0.5, 0.6) is 0 Å². The van der Waals surface area contributed by atoms with Gasteiger partial charge in [0, 0.05) is 30.3 Å². The number of nitrogens with zero attached hydrogens (tertiary/aromatic N) is 1. The fourth-order valence-corrected chi connectivity index (χ4v) is 3.59. The van der Waals surface area contributed by atoms with Crippen molar-refractivity contribution < 1.29 is 4.79 Å². The lowest BCUT2D eigenvalue weighted by Gasteiger charge is -2.42. The summed E-state index contributed by atoms with van der Waals surface area (Å²) in [6.45, 7) is 3.47. The molecule has 0 radical (unpaired) electrons. The first-order chi connectivity index (χ1) is 7.25. The van der Waals surface area contributed by atoms with Crippen molar-refractivity contribution in [2.45, 2.75) is 45.1 Å². The third-order valence-electron chi connectivity index (χ3n) is 4.29. The molecule has 0 N–H and O–H groups in total. The van der Waals surface area contributed by atoms with Crippen LogP contribution in [0.1, 0.15) is 39.0 Å². The van der Waals surface area contributed by atoms with Crippen LogP contribution in [0.3, 0.4) is 0 Å². The molecule has 2 aliphatic heterocycles. The molecule has 3 unspecified atom stereocenters. The predicted molar refractivity (Wildman–Crippen MR) is 59.3 cm³/mol. The summed E-state index contributed by atoms with van der Waals surface area (Å²) in [4.78, 5) is 14.5. The van der Waals surface area contributed by atoms with Gasteiger partial charge in [0.25, 0.3) is 0 Å². The van der Waals surface area contributed by atoms with Crippen LogP contribution in [0.15, 0.2) is 11.8 Å². The Bertz CT molecular complexity index is 320. The Morgan fingerprint density at radius 1 is 1.33 bits per heavy atom. The molecular formula is C13H19NO. The summed E-state index contributed by atoms with van der Waals surface area (Å²) in [5.74, 6) is 1.47. The molecule has 3 rings (SSSR count). The molecular weight excluding hydrogens is 186 g/mol. The van der Waals surface area contributed by atoms with E-state index in [1.54, 1.807) is 0 Å². The average Bonchev–Trinajstić information content (AvgIpc) is 2.61. The lowest BCUT2D eigenvalue weighted by molar-refractivity contribution is -0.120. The van der Waals surface area contributed by atoms with Gasteiger partial charge in [0.15, 0.2) is 5.78 Å². The molecule has 0 aromatic heterocycles. The summed E-state index contributed by atoms with van der Waals surface area (Å²) in [6, 6.07) is 0.549. The quantitative estimate of drug-likeness (QED) is 0.605. The second kappa shape index (κ2) is 3.36. The number of allylic oxidation sites excluding steroid dienone is 2. The standard InChI is InChI=1S/C13H19NO/c1-9-6-11-12(7-9)14-5-3-2-4-10(14)8-13(11)15/h8-9,11-12H,2-7H2,1H3. The number of hydrogen-bond donors (Lipinski definition) is 0. The molecule has 2 heterocycles. The molecule has 1 saturated heterocycles. The van der Waals surface area contributed by atoms with Crippen LogP contribution in [0.25, 0.3) is 0 Å². The Hall–Kier alpha value is -0.790. The van der Waals surface area contributed by atoms with Crippen molar-refractivity contribution in [3.05, 3.63) is 11.8 Å². The van der Waals surface area contributed by atoms with E-state index in [4.69, 9.17) is 0 Å². The molecule has 0 aromatic carbocycles. The highest BCUT2D eigenvalue weighted by atomic mass is 16.1. The molecule has 0 aromatic rings. The van der Waals surface area contributed by atoms with Gasteiger partial charge in [-0.25, -0.2) is 0 Å². The van der Waals surface area contributed by atoms with Gasteiger partial charge in [-0.05, 0) is 38.0 Å². The summed E-state index contributed by atoms with van der Waals surface area (Å²) in [5.41, 5.74) is 1.33.